The van der Waals surface area contributed by atoms with Gasteiger partial charge in [-0.15, -0.1) is 0 Å². The highest BCUT2D eigenvalue weighted by Crippen LogP contribution is 2.36. The summed E-state index contributed by atoms with van der Waals surface area (Å²) < 4.78 is 146. The summed E-state index contributed by atoms with van der Waals surface area (Å²) in [5, 5.41) is 0. The highest BCUT2D eigenvalue weighted by atomic mass is 79.9. The number of anilines is 2. The molecule has 0 saturated heterocycles. The molecular formula is C25H14Br4F12N6O. The minimum absolute atomic E-state index is 0.0786. The summed E-state index contributed by atoms with van der Waals surface area (Å²) in [6.45, 7) is 0. The maximum absolute atomic E-state index is 12.2. The van der Waals surface area contributed by atoms with Crippen LogP contribution < -0.4 is 11.5 Å². The Balaban J connectivity index is 0.000000320. The summed E-state index contributed by atoms with van der Waals surface area (Å²) in [6, 6.07) is 4.76. The zero-order valence-electron chi connectivity index (χ0n) is 22.7. The number of nitrogens with two attached hydrogens (primary N) is 2. The van der Waals surface area contributed by atoms with E-state index in [1.54, 1.807) is 0 Å². The van der Waals surface area contributed by atoms with Crippen molar-refractivity contribution in [2.75, 3.05) is 11.5 Å². The number of carbonyl (C=O) groups is 1. The van der Waals surface area contributed by atoms with E-state index < -0.39 is 64.3 Å². The first-order chi connectivity index (χ1) is 21.8. The lowest BCUT2D eigenvalue weighted by Gasteiger charge is -2.08. The molecule has 0 spiro atoms. The van der Waals surface area contributed by atoms with E-state index in [0.717, 1.165) is 30.5 Å². The molecule has 0 atom stereocenters. The lowest BCUT2D eigenvalue weighted by atomic mass is 10.2. The van der Waals surface area contributed by atoms with Crippen LogP contribution >= 0.6 is 63.7 Å². The molecule has 262 valence electrons. The number of nitrogen functional groups attached to an aromatic ring is 2. The molecule has 4 aromatic heterocycles. The van der Waals surface area contributed by atoms with E-state index >= 15 is 0 Å². The summed E-state index contributed by atoms with van der Waals surface area (Å²) in [6.07, 6.45) is -12.8. The van der Waals surface area contributed by atoms with E-state index in [0.29, 0.717) is 4.47 Å². The van der Waals surface area contributed by atoms with Crippen molar-refractivity contribution in [1.82, 2.24) is 19.9 Å². The lowest BCUT2D eigenvalue weighted by molar-refractivity contribution is -0.139. The number of aromatic nitrogens is 4. The van der Waals surface area contributed by atoms with Crippen molar-refractivity contribution in [3.63, 3.8) is 0 Å². The van der Waals surface area contributed by atoms with E-state index in [1.165, 1.54) is 24.7 Å². The Labute approximate surface area is 295 Å². The smallest absolute Gasteiger partial charge is 0.383 e. The third-order valence-electron chi connectivity index (χ3n) is 4.75. The van der Waals surface area contributed by atoms with Gasteiger partial charge in [0.15, 0.2) is 6.29 Å². The molecule has 48 heavy (non-hydrogen) atoms. The summed E-state index contributed by atoms with van der Waals surface area (Å²) in [5.41, 5.74) is 5.78. The number of hydrogen-bond donors (Lipinski definition) is 2. The standard InChI is InChI=1S/C7H3BrF3NO.C6H2Br2F3N.C6H4BrF3N2.C6H5F3N2/c8-4-1-5(7(9,10)11)6(3-13)12-2-4;7-3-1-4(6(9,10)11)5(8)12-2-3;7-3-1-4(6(8,9)10)5(11)12-2-3;7-6(8,9)4-2-1-3-11-5(4)10/h1-3H;1-2H;1-2H,(H2,11,12);1-3H,(H2,10,11). The van der Waals surface area contributed by atoms with Crippen LogP contribution in [0.3, 0.4) is 0 Å². The normalized spacial score (nSPS) is 11.6. The van der Waals surface area contributed by atoms with E-state index in [1.807, 2.05) is 0 Å². The first-order valence-corrected chi connectivity index (χ1v) is 14.8. The van der Waals surface area contributed by atoms with Gasteiger partial charge in [0, 0.05) is 38.2 Å². The van der Waals surface area contributed by atoms with Gasteiger partial charge in [-0.2, -0.15) is 52.7 Å². The average molecular weight is 962 g/mol. The summed E-state index contributed by atoms with van der Waals surface area (Å²) in [7, 11) is 0. The van der Waals surface area contributed by atoms with Gasteiger partial charge in [-0.1, -0.05) is 0 Å². The van der Waals surface area contributed by atoms with Gasteiger partial charge in [-0.3, -0.25) is 9.78 Å². The van der Waals surface area contributed by atoms with Crippen molar-refractivity contribution in [3.05, 3.63) is 101 Å². The second-order valence-electron chi connectivity index (χ2n) is 8.21. The van der Waals surface area contributed by atoms with Crippen LogP contribution in [0, 0.1) is 0 Å². The number of hydrogen-bond acceptors (Lipinski definition) is 7. The minimum atomic E-state index is -4.55. The third kappa shape index (κ3) is 14.2. The Morgan fingerprint density at radius 3 is 1.31 bits per heavy atom. The van der Waals surface area contributed by atoms with Crippen molar-refractivity contribution in [3.8, 4) is 0 Å². The maximum atomic E-state index is 12.2. The van der Waals surface area contributed by atoms with Gasteiger partial charge < -0.3 is 11.5 Å². The van der Waals surface area contributed by atoms with Gasteiger partial charge in [0.2, 0.25) is 0 Å². The van der Waals surface area contributed by atoms with Gasteiger partial charge >= 0.3 is 24.7 Å². The van der Waals surface area contributed by atoms with E-state index in [4.69, 9.17) is 11.5 Å². The topological polar surface area (TPSA) is 121 Å². The molecule has 0 fully saturated rings. The van der Waals surface area contributed by atoms with E-state index in [9.17, 15) is 57.5 Å². The van der Waals surface area contributed by atoms with Crippen LogP contribution in [0.15, 0.2) is 73.1 Å². The van der Waals surface area contributed by atoms with Crippen LogP contribution in [-0.4, -0.2) is 26.2 Å². The van der Waals surface area contributed by atoms with Crippen LogP contribution in [-0.2, 0) is 24.7 Å². The maximum Gasteiger partial charge on any atom is 0.419 e. The minimum Gasteiger partial charge on any atom is -0.383 e. The molecule has 0 aliphatic heterocycles. The second-order valence-corrected chi connectivity index (χ2v) is 11.7. The fourth-order valence-corrected chi connectivity index (χ4v) is 4.16. The molecule has 0 amide bonds. The zero-order valence-corrected chi connectivity index (χ0v) is 29.0. The molecule has 0 saturated carbocycles. The number of carbonyl (C=O) groups excluding carboxylic acids is 1. The van der Waals surface area contributed by atoms with Crippen LogP contribution in [0.2, 0.25) is 0 Å². The first-order valence-electron chi connectivity index (χ1n) is 11.6. The molecule has 0 aliphatic carbocycles. The Morgan fingerprint density at radius 1 is 0.542 bits per heavy atom. The monoisotopic (exact) mass is 958 g/mol. The van der Waals surface area contributed by atoms with Crippen LogP contribution in [0.4, 0.5) is 64.3 Å². The number of aldehydes is 1. The van der Waals surface area contributed by atoms with E-state index in [2.05, 4.69) is 83.7 Å². The Kier molecular flexibility index (Phi) is 15.7. The second kappa shape index (κ2) is 17.6. The number of rotatable bonds is 1. The van der Waals surface area contributed by atoms with Crippen LogP contribution in [0.5, 0.6) is 0 Å². The molecule has 0 bridgehead atoms. The Bertz CT molecular complexity index is 1620. The summed E-state index contributed by atoms with van der Waals surface area (Å²) in [5.74, 6) is -0.995. The Hall–Kier alpha value is -3.05. The third-order valence-corrected chi connectivity index (χ3v) is 6.68. The molecular weight excluding hydrogens is 948 g/mol. The molecule has 0 radical (unpaired) electrons. The van der Waals surface area contributed by atoms with E-state index in [-0.39, 0.29) is 19.8 Å². The van der Waals surface area contributed by atoms with Crippen molar-refractivity contribution in [2.24, 2.45) is 0 Å². The molecule has 23 heteroatoms. The van der Waals surface area contributed by atoms with Crippen LogP contribution in [0.1, 0.15) is 32.7 Å². The quantitative estimate of drug-likeness (QED) is 0.111. The number of pyridine rings is 4. The average Bonchev–Trinajstić information content (AvgIpc) is 2.95. The zero-order chi connectivity index (χ0) is 37.3. The van der Waals surface area contributed by atoms with Crippen molar-refractivity contribution in [2.45, 2.75) is 24.7 Å². The highest BCUT2D eigenvalue weighted by molar-refractivity contribution is 9.11. The molecule has 4 aromatic rings. The Morgan fingerprint density at radius 2 is 0.938 bits per heavy atom. The van der Waals surface area contributed by atoms with Crippen molar-refractivity contribution < 1.29 is 57.5 Å². The van der Waals surface area contributed by atoms with Gasteiger partial charge in [-0.05, 0) is 94.1 Å². The fourth-order valence-electron chi connectivity index (χ4n) is 2.73. The van der Waals surface area contributed by atoms with Gasteiger partial charge in [0.05, 0.1) is 22.3 Å². The summed E-state index contributed by atoms with van der Waals surface area (Å²) >= 11 is 11.3. The van der Waals surface area contributed by atoms with Crippen molar-refractivity contribution >= 4 is 81.6 Å². The predicted molar refractivity (Wildman–Crippen MR) is 162 cm³/mol. The molecule has 0 aliphatic rings. The van der Waals surface area contributed by atoms with Crippen molar-refractivity contribution in [1.29, 1.82) is 0 Å². The molecule has 4 rings (SSSR count). The molecule has 0 aromatic carbocycles. The molecule has 4 heterocycles. The fraction of sp³-hybridized carbons (Fsp3) is 0.160. The predicted octanol–water partition coefficient (Wildman–Crippen LogP) is 10.4. The highest BCUT2D eigenvalue weighted by Gasteiger charge is 2.36. The number of nitrogens with zero attached hydrogens (tertiary/aromatic N) is 4. The summed E-state index contributed by atoms with van der Waals surface area (Å²) in [4.78, 5) is 23.7. The molecule has 0 unspecified atom stereocenters. The van der Waals surface area contributed by atoms with Gasteiger partial charge in [-0.25, -0.2) is 15.0 Å². The SMILES string of the molecule is FC(F)(F)c1cc(Br)cnc1Br.Nc1ncc(Br)cc1C(F)(F)F.Nc1ncccc1C(F)(F)F.O=Cc1ncc(Br)cc1C(F)(F)F. The largest absolute Gasteiger partial charge is 0.419 e. The molecule has 7 nitrogen and oxygen atoms in total. The first kappa shape index (κ1) is 43.0. The van der Waals surface area contributed by atoms with Gasteiger partial charge in [0.25, 0.3) is 0 Å². The van der Waals surface area contributed by atoms with Gasteiger partial charge in [0.1, 0.15) is 21.9 Å². The lowest BCUT2D eigenvalue weighted by Crippen LogP contribution is -2.10. The van der Waals surface area contributed by atoms with Crippen LogP contribution in [0.25, 0.3) is 0 Å². The number of halogens is 16. The number of alkyl halides is 12. The molecule has 4 N–H and O–H groups in total.